The van der Waals surface area contributed by atoms with Crippen LogP contribution in [0.25, 0.3) is 0 Å². The summed E-state index contributed by atoms with van der Waals surface area (Å²) in [5.74, 6) is 0.470. The highest BCUT2D eigenvalue weighted by Crippen LogP contribution is 2.48. The number of rotatable bonds is 3. The summed E-state index contributed by atoms with van der Waals surface area (Å²) < 4.78 is 0. The zero-order chi connectivity index (χ0) is 12.6. The van der Waals surface area contributed by atoms with Crippen LogP contribution in [0.15, 0.2) is 18.2 Å². The van der Waals surface area contributed by atoms with Crippen LogP contribution in [0.1, 0.15) is 31.7 Å². The van der Waals surface area contributed by atoms with E-state index in [1.165, 1.54) is 0 Å². The molecule has 1 amide bonds. The molecular formula is C13H15Cl2NO. The van der Waals surface area contributed by atoms with Gasteiger partial charge in [-0.15, -0.1) is 0 Å². The molecule has 17 heavy (non-hydrogen) atoms. The molecule has 1 saturated carbocycles. The van der Waals surface area contributed by atoms with Gasteiger partial charge in [-0.3, -0.25) is 4.79 Å². The Hall–Kier alpha value is -0.730. The van der Waals surface area contributed by atoms with E-state index in [2.05, 4.69) is 5.32 Å². The smallest absolute Gasteiger partial charge is 0.223 e. The summed E-state index contributed by atoms with van der Waals surface area (Å²) in [7, 11) is 0. The highest BCUT2D eigenvalue weighted by molar-refractivity contribution is 6.34. The van der Waals surface area contributed by atoms with E-state index in [-0.39, 0.29) is 23.8 Å². The van der Waals surface area contributed by atoms with Gasteiger partial charge in [-0.05, 0) is 49.9 Å². The Balaban J connectivity index is 2.05. The van der Waals surface area contributed by atoms with E-state index in [4.69, 9.17) is 23.2 Å². The second kappa shape index (κ2) is 4.87. The molecular weight excluding hydrogens is 257 g/mol. The summed E-state index contributed by atoms with van der Waals surface area (Å²) in [5.41, 5.74) is 1.06. The van der Waals surface area contributed by atoms with E-state index < -0.39 is 0 Å². The van der Waals surface area contributed by atoms with Crippen molar-refractivity contribution in [3.05, 3.63) is 33.8 Å². The molecule has 2 atom stereocenters. The molecule has 1 aromatic carbocycles. The van der Waals surface area contributed by atoms with Gasteiger partial charge in [-0.1, -0.05) is 23.2 Å². The first kappa shape index (κ1) is 12.7. The lowest BCUT2D eigenvalue weighted by molar-refractivity contribution is -0.122. The maximum absolute atomic E-state index is 11.8. The van der Waals surface area contributed by atoms with Crippen LogP contribution in [0.5, 0.6) is 0 Å². The first-order chi connectivity index (χ1) is 7.97. The molecule has 0 bridgehead atoms. The molecule has 0 spiro atoms. The van der Waals surface area contributed by atoms with Gasteiger partial charge in [0, 0.05) is 22.0 Å². The minimum absolute atomic E-state index is 0.0759. The van der Waals surface area contributed by atoms with E-state index in [9.17, 15) is 4.79 Å². The van der Waals surface area contributed by atoms with Crippen molar-refractivity contribution in [1.29, 1.82) is 0 Å². The highest BCUT2D eigenvalue weighted by atomic mass is 35.5. The molecule has 2 rings (SSSR count). The van der Waals surface area contributed by atoms with Crippen molar-refractivity contribution in [2.75, 3.05) is 0 Å². The summed E-state index contributed by atoms with van der Waals surface area (Å²) >= 11 is 11.9. The van der Waals surface area contributed by atoms with Crippen LogP contribution in [0, 0.1) is 5.92 Å². The summed E-state index contributed by atoms with van der Waals surface area (Å²) in [6, 6.07) is 5.67. The van der Waals surface area contributed by atoms with Gasteiger partial charge >= 0.3 is 0 Å². The summed E-state index contributed by atoms with van der Waals surface area (Å²) in [6.45, 7) is 3.93. The predicted molar refractivity (Wildman–Crippen MR) is 70.6 cm³/mol. The Morgan fingerprint density at radius 1 is 1.29 bits per heavy atom. The molecule has 0 aromatic heterocycles. The van der Waals surface area contributed by atoms with Gasteiger partial charge < -0.3 is 5.32 Å². The fourth-order valence-electron chi connectivity index (χ4n) is 2.03. The molecule has 1 aromatic rings. The standard InChI is InChI=1S/C13H15Cl2NO/c1-7(2)16-13(17)12-6-11(12)8-3-9(14)5-10(15)4-8/h3-5,7,11-12H,6H2,1-2H3,(H,16,17)/t11-,12-/m1/s1. The molecule has 1 aliphatic carbocycles. The molecule has 1 N–H and O–H groups in total. The van der Waals surface area contributed by atoms with Crippen molar-refractivity contribution < 1.29 is 4.79 Å². The lowest BCUT2D eigenvalue weighted by atomic mass is 10.1. The number of benzene rings is 1. The maximum atomic E-state index is 11.8. The van der Waals surface area contributed by atoms with Crippen molar-refractivity contribution >= 4 is 29.1 Å². The van der Waals surface area contributed by atoms with E-state index in [1.807, 2.05) is 26.0 Å². The molecule has 0 aliphatic heterocycles. The summed E-state index contributed by atoms with van der Waals surface area (Å²) in [5, 5.41) is 4.18. The highest BCUT2D eigenvalue weighted by Gasteiger charge is 2.44. The first-order valence-electron chi connectivity index (χ1n) is 5.73. The number of nitrogens with one attached hydrogen (secondary N) is 1. The maximum Gasteiger partial charge on any atom is 0.223 e. The van der Waals surface area contributed by atoms with Crippen molar-refractivity contribution in [1.82, 2.24) is 5.32 Å². The minimum atomic E-state index is 0.0759. The normalized spacial score (nSPS) is 22.6. The lowest BCUT2D eigenvalue weighted by Gasteiger charge is -2.08. The van der Waals surface area contributed by atoms with Crippen LogP contribution in [0.3, 0.4) is 0 Å². The lowest BCUT2D eigenvalue weighted by Crippen LogP contribution is -2.31. The largest absolute Gasteiger partial charge is 0.354 e. The summed E-state index contributed by atoms with van der Waals surface area (Å²) in [6.07, 6.45) is 0.884. The van der Waals surface area contributed by atoms with Crippen molar-refractivity contribution in [2.45, 2.75) is 32.2 Å². The molecule has 0 unspecified atom stereocenters. The Bertz CT molecular complexity index is 425. The molecule has 4 heteroatoms. The van der Waals surface area contributed by atoms with Gasteiger partial charge in [0.1, 0.15) is 0 Å². The fraction of sp³-hybridized carbons (Fsp3) is 0.462. The van der Waals surface area contributed by atoms with Crippen molar-refractivity contribution in [3.63, 3.8) is 0 Å². The van der Waals surface area contributed by atoms with Gasteiger partial charge in [0.2, 0.25) is 5.91 Å². The third-order valence-corrected chi connectivity index (χ3v) is 3.31. The third-order valence-electron chi connectivity index (χ3n) is 2.87. The number of hydrogen-bond donors (Lipinski definition) is 1. The van der Waals surface area contributed by atoms with Crippen LogP contribution in [-0.4, -0.2) is 11.9 Å². The molecule has 1 fully saturated rings. The first-order valence-corrected chi connectivity index (χ1v) is 6.49. The average molecular weight is 272 g/mol. The van der Waals surface area contributed by atoms with Gasteiger partial charge in [-0.2, -0.15) is 0 Å². The van der Waals surface area contributed by atoms with Gasteiger partial charge in [0.05, 0.1) is 0 Å². The number of carbonyl (C=O) groups excluding carboxylic acids is 1. The summed E-state index contributed by atoms with van der Waals surface area (Å²) in [4.78, 5) is 11.8. The third kappa shape index (κ3) is 3.14. The molecule has 92 valence electrons. The van der Waals surface area contributed by atoms with E-state index in [1.54, 1.807) is 6.07 Å². The van der Waals surface area contributed by atoms with Crippen molar-refractivity contribution in [3.8, 4) is 0 Å². The average Bonchev–Trinajstić information content (AvgIpc) is 2.93. The molecule has 2 nitrogen and oxygen atoms in total. The van der Waals surface area contributed by atoms with E-state index in [0.717, 1.165) is 12.0 Å². The van der Waals surface area contributed by atoms with E-state index in [0.29, 0.717) is 10.0 Å². The zero-order valence-electron chi connectivity index (χ0n) is 9.84. The van der Waals surface area contributed by atoms with Crippen LogP contribution in [-0.2, 0) is 4.79 Å². The minimum Gasteiger partial charge on any atom is -0.354 e. The molecule has 0 heterocycles. The monoisotopic (exact) mass is 271 g/mol. The second-order valence-corrected chi connectivity index (χ2v) is 5.69. The van der Waals surface area contributed by atoms with Crippen LogP contribution in [0.2, 0.25) is 10.0 Å². The quantitative estimate of drug-likeness (QED) is 0.894. The predicted octanol–water partition coefficient (Wildman–Crippen LogP) is 3.62. The molecule has 0 saturated heterocycles. The molecule has 0 radical (unpaired) electrons. The van der Waals surface area contributed by atoms with Gasteiger partial charge in [0.25, 0.3) is 0 Å². The Morgan fingerprint density at radius 3 is 2.41 bits per heavy atom. The number of amides is 1. The van der Waals surface area contributed by atoms with E-state index >= 15 is 0 Å². The SMILES string of the molecule is CC(C)NC(=O)[C@@H]1C[C@@H]1c1cc(Cl)cc(Cl)c1. The Kier molecular flexibility index (Phi) is 3.64. The Labute approximate surface area is 111 Å². The van der Waals surface area contributed by atoms with Gasteiger partial charge in [-0.25, -0.2) is 0 Å². The van der Waals surface area contributed by atoms with Crippen LogP contribution < -0.4 is 5.32 Å². The topological polar surface area (TPSA) is 29.1 Å². The zero-order valence-corrected chi connectivity index (χ0v) is 11.3. The van der Waals surface area contributed by atoms with Crippen LogP contribution >= 0.6 is 23.2 Å². The van der Waals surface area contributed by atoms with Crippen LogP contribution in [0.4, 0.5) is 0 Å². The number of carbonyl (C=O) groups is 1. The second-order valence-electron chi connectivity index (χ2n) is 4.81. The Morgan fingerprint density at radius 2 is 1.88 bits per heavy atom. The number of hydrogen-bond acceptors (Lipinski definition) is 1. The van der Waals surface area contributed by atoms with Crippen molar-refractivity contribution in [2.24, 2.45) is 5.92 Å². The number of halogens is 2. The fourth-order valence-corrected chi connectivity index (χ4v) is 2.58. The van der Waals surface area contributed by atoms with Gasteiger partial charge in [0.15, 0.2) is 0 Å². The molecule has 1 aliphatic rings.